The topological polar surface area (TPSA) is 37.0 Å². The maximum atomic E-state index is 4.50. The summed E-state index contributed by atoms with van der Waals surface area (Å²) in [6.07, 6.45) is 2.23. The molecule has 4 heteroatoms. The van der Waals surface area contributed by atoms with Crippen LogP contribution in [-0.4, -0.2) is 24.6 Å². The largest absolute Gasteiger partial charge is 0.385 e. The van der Waals surface area contributed by atoms with E-state index in [1.165, 1.54) is 23.4 Å². The molecule has 0 saturated heterocycles. The van der Waals surface area contributed by atoms with Crippen LogP contribution in [0.4, 0.5) is 5.69 Å². The molecule has 0 fully saturated rings. The molecule has 0 bridgehead atoms. The Morgan fingerprint density at radius 3 is 3.15 bits per heavy atom. The molecule has 20 heavy (non-hydrogen) atoms. The van der Waals surface area contributed by atoms with Gasteiger partial charge in [0.15, 0.2) is 0 Å². The van der Waals surface area contributed by atoms with Gasteiger partial charge < -0.3 is 10.6 Å². The van der Waals surface area contributed by atoms with Gasteiger partial charge in [0.1, 0.15) is 0 Å². The maximum Gasteiger partial charge on any atom is 0.0897 e. The van der Waals surface area contributed by atoms with Gasteiger partial charge in [0.2, 0.25) is 0 Å². The van der Waals surface area contributed by atoms with Crippen molar-refractivity contribution in [1.29, 1.82) is 0 Å². The first-order valence-electron chi connectivity index (χ1n) is 7.27. The number of rotatable bonds is 5. The van der Waals surface area contributed by atoms with Crippen molar-refractivity contribution in [1.82, 2.24) is 10.3 Å². The molecule has 2 aromatic rings. The van der Waals surface area contributed by atoms with Crippen LogP contribution in [0.3, 0.4) is 0 Å². The highest BCUT2D eigenvalue weighted by Gasteiger charge is 2.18. The second kappa shape index (κ2) is 6.37. The number of para-hydroxylation sites is 1. The van der Waals surface area contributed by atoms with Crippen molar-refractivity contribution in [2.45, 2.75) is 25.7 Å². The number of thiazole rings is 1. The van der Waals surface area contributed by atoms with E-state index in [1.54, 1.807) is 11.3 Å². The molecule has 1 aliphatic heterocycles. The molecular formula is C16H21N3S. The van der Waals surface area contributed by atoms with Crippen LogP contribution in [-0.2, 0) is 6.42 Å². The van der Waals surface area contributed by atoms with Crippen LogP contribution in [0.25, 0.3) is 0 Å². The third kappa shape index (κ3) is 3.19. The zero-order chi connectivity index (χ0) is 13.8. The molecule has 2 N–H and O–H groups in total. The van der Waals surface area contributed by atoms with Crippen molar-refractivity contribution in [3.8, 4) is 0 Å². The minimum atomic E-state index is 0.629. The van der Waals surface area contributed by atoms with Crippen molar-refractivity contribution < 1.29 is 0 Å². The molecular weight excluding hydrogens is 266 g/mol. The summed E-state index contributed by atoms with van der Waals surface area (Å²) in [5.74, 6) is 0.629. The van der Waals surface area contributed by atoms with E-state index in [0.717, 1.165) is 31.1 Å². The lowest BCUT2D eigenvalue weighted by Gasteiger charge is -2.26. The van der Waals surface area contributed by atoms with E-state index in [2.05, 4.69) is 52.2 Å². The summed E-state index contributed by atoms with van der Waals surface area (Å²) >= 11 is 1.73. The molecule has 2 heterocycles. The van der Waals surface area contributed by atoms with E-state index in [0.29, 0.717) is 5.92 Å². The second-order valence-electron chi connectivity index (χ2n) is 5.31. The Bertz CT molecular complexity index is 564. The van der Waals surface area contributed by atoms with E-state index in [9.17, 15) is 0 Å². The number of nitrogens with one attached hydrogen (secondary N) is 2. The molecule has 1 aromatic carbocycles. The van der Waals surface area contributed by atoms with Crippen LogP contribution >= 0.6 is 11.3 Å². The van der Waals surface area contributed by atoms with Crippen molar-refractivity contribution in [2.24, 2.45) is 0 Å². The summed E-state index contributed by atoms with van der Waals surface area (Å²) in [5.41, 5.74) is 3.97. The highest BCUT2D eigenvalue weighted by molar-refractivity contribution is 7.09. The normalized spacial score (nSPS) is 17.6. The molecule has 0 amide bonds. The van der Waals surface area contributed by atoms with Gasteiger partial charge in [-0.25, -0.2) is 4.98 Å². The maximum absolute atomic E-state index is 4.50. The molecule has 1 aromatic heterocycles. The molecule has 1 unspecified atom stereocenters. The molecule has 3 rings (SSSR count). The SMILES string of the molecule is Cc1nc(CCNCC2CCNc3ccccc32)cs1. The summed E-state index contributed by atoms with van der Waals surface area (Å²) in [7, 11) is 0. The Morgan fingerprint density at radius 1 is 1.40 bits per heavy atom. The van der Waals surface area contributed by atoms with Crippen molar-refractivity contribution >= 4 is 17.0 Å². The quantitative estimate of drug-likeness (QED) is 0.829. The first-order chi connectivity index (χ1) is 9.83. The van der Waals surface area contributed by atoms with Gasteiger partial charge in [-0.15, -0.1) is 11.3 Å². The molecule has 0 radical (unpaired) electrons. The van der Waals surface area contributed by atoms with Crippen molar-refractivity contribution in [3.63, 3.8) is 0 Å². The molecule has 1 atom stereocenters. The number of hydrogen-bond donors (Lipinski definition) is 2. The average Bonchev–Trinajstić information content (AvgIpc) is 2.89. The van der Waals surface area contributed by atoms with E-state index in [1.807, 2.05) is 0 Å². The third-order valence-electron chi connectivity index (χ3n) is 3.82. The average molecular weight is 287 g/mol. The number of aromatic nitrogens is 1. The Morgan fingerprint density at radius 2 is 2.30 bits per heavy atom. The molecule has 0 spiro atoms. The Hall–Kier alpha value is -1.39. The predicted octanol–water partition coefficient (Wildman–Crippen LogP) is 3.18. The lowest BCUT2D eigenvalue weighted by molar-refractivity contribution is 0.552. The highest BCUT2D eigenvalue weighted by Crippen LogP contribution is 2.30. The molecule has 0 saturated carbocycles. The fourth-order valence-electron chi connectivity index (χ4n) is 2.78. The van der Waals surface area contributed by atoms with Gasteiger partial charge >= 0.3 is 0 Å². The fraction of sp³-hybridized carbons (Fsp3) is 0.438. The third-order valence-corrected chi connectivity index (χ3v) is 4.65. The summed E-state index contributed by atoms with van der Waals surface area (Å²) in [5, 5.41) is 10.4. The van der Waals surface area contributed by atoms with Crippen LogP contribution in [0.5, 0.6) is 0 Å². The Kier molecular flexibility index (Phi) is 4.33. The van der Waals surface area contributed by atoms with Gasteiger partial charge in [-0.1, -0.05) is 18.2 Å². The van der Waals surface area contributed by atoms with Crippen molar-refractivity contribution in [2.75, 3.05) is 25.0 Å². The molecule has 106 valence electrons. The zero-order valence-corrected chi connectivity index (χ0v) is 12.7. The van der Waals surface area contributed by atoms with Gasteiger partial charge in [0.25, 0.3) is 0 Å². The molecule has 0 aliphatic carbocycles. The van der Waals surface area contributed by atoms with Crippen LogP contribution in [0.2, 0.25) is 0 Å². The van der Waals surface area contributed by atoms with Crippen LogP contribution in [0, 0.1) is 6.92 Å². The first-order valence-corrected chi connectivity index (χ1v) is 8.15. The minimum Gasteiger partial charge on any atom is -0.385 e. The number of benzene rings is 1. The fourth-order valence-corrected chi connectivity index (χ4v) is 3.43. The Labute approximate surface area is 124 Å². The number of hydrogen-bond acceptors (Lipinski definition) is 4. The van der Waals surface area contributed by atoms with Gasteiger partial charge in [-0.3, -0.25) is 0 Å². The van der Waals surface area contributed by atoms with E-state index in [-0.39, 0.29) is 0 Å². The molecule has 3 nitrogen and oxygen atoms in total. The van der Waals surface area contributed by atoms with Crippen molar-refractivity contribution in [3.05, 3.63) is 45.9 Å². The van der Waals surface area contributed by atoms with E-state index >= 15 is 0 Å². The number of fused-ring (bicyclic) bond motifs is 1. The second-order valence-corrected chi connectivity index (χ2v) is 6.37. The van der Waals surface area contributed by atoms with E-state index in [4.69, 9.17) is 0 Å². The summed E-state index contributed by atoms with van der Waals surface area (Å²) in [6.45, 7) is 5.21. The smallest absolute Gasteiger partial charge is 0.0897 e. The van der Waals surface area contributed by atoms with Gasteiger partial charge in [-0.2, -0.15) is 0 Å². The van der Waals surface area contributed by atoms with Gasteiger partial charge in [0.05, 0.1) is 10.7 Å². The van der Waals surface area contributed by atoms with Crippen LogP contribution < -0.4 is 10.6 Å². The summed E-state index contributed by atoms with van der Waals surface area (Å²) in [4.78, 5) is 4.50. The first kappa shape index (κ1) is 13.6. The number of nitrogens with zero attached hydrogens (tertiary/aromatic N) is 1. The van der Waals surface area contributed by atoms with Gasteiger partial charge in [-0.05, 0) is 25.0 Å². The highest BCUT2D eigenvalue weighted by atomic mass is 32.1. The lowest BCUT2D eigenvalue weighted by atomic mass is 9.91. The lowest BCUT2D eigenvalue weighted by Crippen LogP contribution is -2.28. The Balaban J connectivity index is 1.50. The van der Waals surface area contributed by atoms with Crippen LogP contribution in [0.1, 0.15) is 28.6 Å². The zero-order valence-electron chi connectivity index (χ0n) is 11.9. The standard InChI is InChI=1S/C16H21N3S/c1-12-19-14(11-20-12)7-8-17-10-13-6-9-18-16-5-3-2-4-15(13)16/h2-5,11,13,17-18H,6-10H2,1H3. The monoisotopic (exact) mass is 287 g/mol. The van der Waals surface area contributed by atoms with Gasteiger partial charge in [0, 0.05) is 43.0 Å². The van der Waals surface area contributed by atoms with E-state index < -0.39 is 0 Å². The molecule has 1 aliphatic rings. The minimum absolute atomic E-state index is 0.629. The summed E-state index contributed by atoms with van der Waals surface area (Å²) < 4.78 is 0. The number of aryl methyl sites for hydroxylation is 1. The van der Waals surface area contributed by atoms with Crippen LogP contribution in [0.15, 0.2) is 29.6 Å². The number of anilines is 1. The predicted molar refractivity (Wildman–Crippen MR) is 85.7 cm³/mol. The summed E-state index contributed by atoms with van der Waals surface area (Å²) in [6, 6.07) is 8.67.